The summed E-state index contributed by atoms with van der Waals surface area (Å²) in [6.07, 6.45) is -4.12. The van der Waals surface area contributed by atoms with Crippen LogP contribution in [-0.2, 0) is 57.1 Å². The average molecular weight is 800 g/mol. The van der Waals surface area contributed by atoms with Crippen LogP contribution in [0.15, 0.2) is 24.3 Å². The molecule has 3 aliphatic rings. The molecule has 0 amide bonds. The molecule has 0 aromatic rings. The van der Waals surface area contributed by atoms with E-state index in [1.165, 1.54) is 14.0 Å². The van der Waals surface area contributed by atoms with E-state index in [-0.39, 0.29) is 25.7 Å². The highest BCUT2D eigenvalue weighted by Gasteiger charge is 2.53. The molecule has 16 heteroatoms. The summed E-state index contributed by atoms with van der Waals surface area (Å²) in [4.78, 5) is 51.7. The van der Waals surface area contributed by atoms with Crippen molar-refractivity contribution in [2.45, 2.75) is 172 Å². The SMILES string of the molecule is CCC(=O)O[C@@H]1[C@@H](C)O[C@@H](O[C@H]2[C@H](N(C)C)[C@@H](O)[C@@H](O[C@@H]3[C@@H](CC=O)C[C@H](C)[C@H](O)/C=C/C=C/C[C@H](C)OC(=O)C[C@H](OC(C)=O)[C@@H]3OC)O[C@@H]2C)C[C@]1(C)O. The molecule has 0 bridgehead atoms. The maximum absolute atomic E-state index is 13.2. The standard InChI is InChI=1S/C40H65NO15/c1-11-30(45)54-38-25(5)51-32(21-40(38,7)48)55-35-24(4)52-39(34(47)33(35)41(8)9)56-36-27(17-18-42)19-22(2)28(44)16-14-12-13-15-23(3)50-31(46)20-29(37(36)49-10)53-26(6)43/h12-14,16,18,22-25,27-29,32-39,44,47-48H,11,15,17,19-21H2,1-10H3/b13-12+,16-14+/t22-,23-,24+,25+,27-,28+,29-,32-,33+,34+,35+,36+,37-,38+,39+,40-/m0/s1. The number of allylic oxidation sites excluding steroid dienone is 2. The maximum atomic E-state index is 13.2. The van der Waals surface area contributed by atoms with Crippen LogP contribution in [0.5, 0.6) is 0 Å². The van der Waals surface area contributed by atoms with Gasteiger partial charge in [-0.1, -0.05) is 38.2 Å². The molecule has 56 heavy (non-hydrogen) atoms. The number of esters is 3. The number of aliphatic hydroxyl groups is 3. The number of carbonyl (C=O) groups is 4. The predicted octanol–water partition coefficient (Wildman–Crippen LogP) is 2.38. The number of aldehydes is 1. The zero-order valence-electron chi connectivity index (χ0n) is 34.5. The zero-order valence-corrected chi connectivity index (χ0v) is 34.5. The monoisotopic (exact) mass is 799 g/mol. The number of nitrogens with zero attached hydrogens (tertiary/aromatic N) is 1. The van der Waals surface area contributed by atoms with Crippen molar-refractivity contribution in [3.63, 3.8) is 0 Å². The topological polar surface area (TPSA) is 206 Å². The molecule has 320 valence electrons. The van der Waals surface area contributed by atoms with Gasteiger partial charge in [-0.05, 0) is 60.0 Å². The fourth-order valence-electron chi connectivity index (χ4n) is 7.78. The van der Waals surface area contributed by atoms with Crippen molar-refractivity contribution in [3.8, 4) is 0 Å². The van der Waals surface area contributed by atoms with Gasteiger partial charge in [-0.15, -0.1) is 0 Å². The molecule has 16 nitrogen and oxygen atoms in total. The lowest BCUT2D eigenvalue weighted by Crippen LogP contribution is -2.66. The highest BCUT2D eigenvalue weighted by atomic mass is 16.7. The summed E-state index contributed by atoms with van der Waals surface area (Å²) in [6, 6.07) is -0.778. The molecule has 3 N–H and O–H groups in total. The molecule has 0 aromatic heterocycles. The Kier molecular flexibility index (Phi) is 18.5. The minimum absolute atomic E-state index is 0.0440. The first-order valence-corrected chi connectivity index (χ1v) is 19.6. The fourth-order valence-corrected chi connectivity index (χ4v) is 7.78. The second-order valence-electron chi connectivity index (χ2n) is 15.7. The highest BCUT2D eigenvalue weighted by Crippen LogP contribution is 2.37. The smallest absolute Gasteiger partial charge is 0.309 e. The third kappa shape index (κ3) is 13.1. The van der Waals surface area contributed by atoms with E-state index in [2.05, 4.69) is 0 Å². The zero-order chi connectivity index (χ0) is 41.9. The van der Waals surface area contributed by atoms with Gasteiger partial charge in [0.15, 0.2) is 18.7 Å². The number of carbonyl (C=O) groups excluding carboxylic acids is 4. The first-order valence-electron chi connectivity index (χ1n) is 19.6. The normalized spacial score (nSPS) is 41.6. The van der Waals surface area contributed by atoms with Gasteiger partial charge in [-0.3, -0.25) is 14.4 Å². The predicted molar refractivity (Wildman–Crippen MR) is 201 cm³/mol. The molecule has 2 fully saturated rings. The Bertz CT molecular complexity index is 1340. The van der Waals surface area contributed by atoms with E-state index in [4.69, 9.17) is 37.9 Å². The molecule has 0 saturated carbocycles. The van der Waals surface area contributed by atoms with Crippen molar-refractivity contribution in [2.75, 3.05) is 21.2 Å². The Morgan fingerprint density at radius 1 is 1.02 bits per heavy atom. The Hall–Kier alpha value is -2.80. The molecule has 3 heterocycles. The van der Waals surface area contributed by atoms with Crippen LogP contribution in [-0.4, -0.2) is 151 Å². The summed E-state index contributed by atoms with van der Waals surface area (Å²) >= 11 is 0. The number of hydrogen-bond donors (Lipinski definition) is 3. The second kappa shape index (κ2) is 21.8. The van der Waals surface area contributed by atoms with Crippen LogP contribution in [0.25, 0.3) is 0 Å². The van der Waals surface area contributed by atoms with E-state index < -0.39 is 121 Å². The van der Waals surface area contributed by atoms with Gasteiger partial charge >= 0.3 is 17.9 Å². The lowest BCUT2D eigenvalue weighted by Gasteiger charge is -2.50. The van der Waals surface area contributed by atoms with Gasteiger partial charge in [0.05, 0.1) is 36.9 Å². The van der Waals surface area contributed by atoms with Crippen molar-refractivity contribution in [1.82, 2.24) is 4.90 Å². The van der Waals surface area contributed by atoms with Crippen LogP contribution < -0.4 is 0 Å². The summed E-state index contributed by atoms with van der Waals surface area (Å²) in [5, 5.41) is 34.4. The second-order valence-corrected chi connectivity index (χ2v) is 15.7. The van der Waals surface area contributed by atoms with E-state index in [1.807, 2.05) is 6.92 Å². The molecule has 0 unspecified atom stereocenters. The Labute approximate surface area is 330 Å². The van der Waals surface area contributed by atoms with Gasteiger partial charge < -0.3 is 62.9 Å². The minimum atomic E-state index is -1.49. The van der Waals surface area contributed by atoms with Gasteiger partial charge in [0, 0.05) is 39.7 Å². The van der Waals surface area contributed by atoms with Crippen molar-refractivity contribution < 1.29 is 72.4 Å². The Balaban J connectivity index is 2.00. The molecular weight excluding hydrogens is 734 g/mol. The lowest BCUT2D eigenvalue weighted by atomic mass is 9.82. The summed E-state index contributed by atoms with van der Waals surface area (Å²) < 4.78 is 48.2. The van der Waals surface area contributed by atoms with Crippen molar-refractivity contribution in [1.29, 1.82) is 0 Å². The molecule has 0 aromatic carbocycles. The van der Waals surface area contributed by atoms with Gasteiger partial charge in [-0.25, -0.2) is 0 Å². The first-order chi connectivity index (χ1) is 26.3. The third-order valence-corrected chi connectivity index (χ3v) is 10.6. The molecule has 3 aliphatic heterocycles. The summed E-state index contributed by atoms with van der Waals surface area (Å²) in [5.74, 6) is -2.92. The number of cyclic esters (lactones) is 1. The molecule has 0 radical (unpaired) electrons. The molecule has 0 spiro atoms. The Morgan fingerprint density at radius 2 is 1.71 bits per heavy atom. The number of rotatable bonds is 11. The fraction of sp³-hybridized carbons (Fsp3) is 0.800. The van der Waals surface area contributed by atoms with E-state index in [0.717, 1.165) is 0 Å². The highest BCUT2D eigenvalue weighted by molar-refractivity contribution is 5.72. The van der Waals surface area contributed by atoms with Crippen molar-refractivity contribution in [3.05, 3.63) is 24.3 Å². The van der Waals surface area contributed by atoms with Crippen LogP contribution in [0.2, 0.25) is 0 Å². The molecule has 0 aliphatic carbocycles. The average Bonchev–Trinajstić information content (AvgIpc) is 3.09. The van der Waals surface area contributed by atoms with E-state index in [1.54, 1.807) is 77.9 Å². The van der Waals surface area contributed by atoms with E-state index >= 15 is 0 Å². The summed E-state index contributed by atoms with van der Waals surface area (Å²) in [5.41, 5.74) is -1.49. The number of aliphatic hydroxyl groups excluding tert-OH is 2. The van der Waals surface area contributed by atoms with Gasteiger partial charge in [0.25, 0.3) is 0 Å². The number of ether oxygens (including phenoxy) is 8. The van der Waals surface area contributed by atoms with E-state index in [0.29, 0.717) is 12.7 Å². The van der Waals surface area contributed by atoms with Crippen molar-refractivity contribution in [2.24, 2.45) is 11.8 Å². The number of likely N-dealkylation sites (N-methyl/N-ethyl adjacent to an activating group) is 1. The number of methoxy groups -OCH3 is 1. The van der Waals surface area contributed by atoms with Crippen LogP contribution >= 0.6 is 0 Å². The molecular formula is C40H65NO15. The summed E-state index contributed by atoms with van der Waals surface area (Å²) in [6.45, 7) is 11.3. The van der Waals surface area contributed by atoms with Crippen molar-refractivity contribution >= 4 is 24.2 Å². The minimum Gasteiger partial charge on any atom is -0.462 e. The lowest BCUT2D eigenvalue weighted by molar-refractivity contribution is -0.344. The summed E-state index contributed by atoms with van der Waals surface area (Å²) in [7, 11) is 4.85. The third-order valence-electron chi connectivity index (χ3n) is 10.6. The van der Waals surface area contributed by atoms with E-state index in [9.17, 15) is 34.5 Å². The quantitative estimate of drug-likeness (QED) is 0.156. The first kappa shape index (κ1) is 47.6. The van der Waals surface area contributed by atoms with Crippen LogP contribution in [0.1, 0.15) is 87.0 Å². The van der Waals surface area contributed by atoms with Gasteiger partial charge in [-0.2, -0.15) is 0 Å². The largest absolute Gasteiger partial charge is 0.462 e. The van der Waals surface area contributed by atoms with Crippen LogP contribution in [0.3, 0.4) is 0 Å². The molecule has 3 rings (SSSR count). The number of hydrogen-bond acceptors (Lipinski definition) is 16. The molecule has 2 saturated heterocycles. The van der Waals surface area contributed by atoms with Gasteiger partial charge in [0.2, 0.25) is 0 Å². The van der Waals surface area contributed by atoms with Gasteiger partial charge in [0.1, 0.15) is 42.4 Å². The van der Waals surface area contributed by atoms with Crippen LogP contribution in [0, 0.1) is 11.8 Å². The Morgan fingerprint density at radius 3 is 2.30 bits per heavy atom. The molecule has 16 atom stereocenters. The van der Waals surface area contributed by atoms with Crippen LogP contribution in [0.4, 0.5) is 0 Å². The maximum Gasteiger partial charge on any atom is 0.309 e.